The van der Waals surface area contributed by atoms with Crippen LogP contribution in [0, 0.1) is 0 Å². The first-order valence-electron chi connectivity index (χ1n) is 3.49. The monoisotopic (exact) mass is 295 g/mol. The fraction of sp³-hybridized carbons (Fsp3) is 0.125. The third-order valence-electron chi connectivity index (χ3n) is 1.56. The summed E-state index contributed by atoms with van der Waals surface area (Å²) in [6, 6.07) is 2.41. The number of nitrogens with two attached hydrogens (primary N) is 1. The van der Waals surface area contributed by atoms with E-state index in [0.717, 1.165) is 12.1 Å². The number of carbonyl (C=O) groups excluding carboxylic acids is 1. The molecule has 0 heterocycles. The van der Waals surface area contributed by atoms with E-state index in [1.165, 1.54) is 0 Å². The zero-order valence-corrected chi connectivity index (χ0v) is 9.93. The average molecular weight is 297 g/mol. The van der Waals surface area contributed by atoms with Gasteiger partial charge in [-0.05, 0) is 18.2 Å². The molecule has 2 nitrogen and oxygen atoms in total. The molecule has 92 valence electrons. The average Bonchev–Trinajstić information content (AvgIpc) is 2.02. The van der Waals surface area contributed by atoms with Crippen molar-refractivity contribution in [2.24, 2.45) is 5.73 Å². The fourth-order valence-electron chi connectivity index (χ4n) is 0.890. The molecule has 0 unspecified atom stereocenters. The van der Waals surface area contributed by atoms with E-state index < -0.39 is 17.6 Å². The van der Waals surface area contributed by atoms with E-state index in [0.29, 0.717) is 6.07 Å². The molecule has 2 N–H and O–H groups in total. The van der Waals surface area contributed by atoms with Crippen molar-refractivity contribution in [2.75, 3.05) is 0 Å². The number of hydrogen-bond acceptors (Lipinski definition) is 1. The van der Waals surface area contributed by atoms with E-state index in [4.69, 9.17) is 17.3 Å². The van der Waals surface area contributed by atoms with Gasteiger partial charge in [0, 0.05) is 0 Å². The zero-order chi connectivity index (χ0) is 10.9. The highest BCUT2D eigenvalue weighted by Gasteiger charge is 2.31. The molecule has 0 aliphatic heterocycles. The summed E-state index contributed by atoms with van der Waals surface area (Å²) in [5, 5.41) is -0.0921. The highest BCUT2D eigenvalue weighted by molar-refractivity contribution is 6.33. The summed E-state index contributed by atoms with van der Waals surface area (Å²) in [6.07, 6.45) is -4.51. The molecule has 1 aromatic carbocycles. The van der Waals surface area contributed by atoms with Gasteiger partial charge in [-0.3, -0.25) is 4.79 Å². The lowest BCUT2D eigenvalue weighted by molar-refractivity contribution is -0.137. The lowest BCUT2D eigenvalue weighted by Crippen LogP contribution is -2.14. The summed E-state index contributed by atoms with van der Waals surface area (Å²) in [4.78, 5) is 10.7. The van der Waals surface area contributed by atoms with Crippen molar-refractivity contribution in [3.05, 3.63) is 34.3 Å². The van der Waals surface area contributed by atoms with Crippen LogP contribution in [-0.2, 0) is 6.18 Å². The Hall–Kier alpha value is -0.650. The van der Waals surface area contributed by atoms with Gasteiger partial charge in [0.25, 0.3) is 0 Å². The largest absolute Gasteiger partial charge is 0.416 e. The van der Waals surface area contributed by atoms with E-state index in [-0.39, 0.29) is 35.4 Å². The highest BCUT2D eigenvalue weighted by atomic mass is 35.5. The first-order chi connectivity index (χ1) is 6.32. The molecule has 1 aromatic rings. The topological polar surface area (TPSA) is 43.1 Å². The zero-order valence-electron chi connectivity index (χ0n) is 7.55. The second-order valence-corrected chi connectivity index (χ2v) is 2.96. The van der Waals surface area contributed by atoms with Gasteiger partial charge in [0.05, 0.1) is 16.1 Å². The molecule has 0 spiro atoms. The lowest BCUT2D eigenvalue weighted by Gasteiger charge is -2.08. The van der Waals surface area contributed by atoms with Gasteiger partial charge in [-0.1, -0.05) is 11.6 Å². The van der Waals surface area contributed by atoms with Crippen molar-refractivity contribution in [1.29, 1.82) is 0 Å². The van der Waals surface area contributed by atoms with Gasteiger partial charge >= 0.3 is 6.18 Å². The third-order valence-corrected chi connectivity index (χ3v) is 1.89. The molecule has 0 saturated heterocycles. The van der Waals surface area contributed by atoms with E-state index >= 15 is 0 Å². The molecule has 0 saturated carbocycles. The van der Waals surface area contributed by atoms with Crippen LogP contribution in [0.25, 0.3) is 0 Å². The van der Waals surface area contributed by atoms with Gasteiger partial charge in [-0.15, -0.1) is 24.8 Å². The van der Waals surface area contributed by atoms with E-state index in [1.54, 1.807) is 0 Å². The van der Waals surface area contributed by atoms with Gasteiger partial charge in [0.2, 0.25) is 5.91 Å². The Morgan fingerprint density at radius 1 is 1.25 bits per heavy atom. The number of alkyl halides is 3. The molecule has 0 aromatic heterocycles. The first kappa shape index (κ1) is 17.7. The Balaban J connectivity index is 0. The van der Waals surface area contributed by atoms with Crippen molar-refractivity contribution >= 4 is 42.3 Å². The number of rotatable bonds is 1. The number of primary amides is 1. The number of carbonyl (C=O) groups is 1. The van der Waals surface area contributed by atoms with Crippen LogP contribution in [-0.4, -0.2) is 5.91 Å². The molecule has 0 aliphatic rings. The van der Waals surface area contributed by atoms with Crippen LogP contribution in [0.3, 0.4) is 0 Å². The second kappa shape index (κ2) is 6.18. The molecule has 0 atom stereocenters. The Labute approximate surface area is 107 Å². The Morgan fingerprint density at radius 2 is 1.75 bits per heavy atom. The predicted octanol–water partition coefficient (Wildman–Crippen LogP) is 3.30. The highest BCUT2D eigenvalue weighted by Crippen LogP contribution is 2.31. The van der Waals surface area contributed by atoms with Crippen LogP contribution in [0.4, 0.5) is 13.2 Å². The number of hydrogen-bond donors (Lipinski definition) is 1. The van der Waals surface area contributed by atoms with Crippen molar-refractivity contribution in [3.8, 4) is 0 Å². The summed E-state index contributed by atoms with van der Waals surface area (Å²) in [5.41, 5.74) is 3.56. The summed E-state index contributed by atoms with van der Waals surface area (Å²) < 4.78 is 36.5. The van der Waals surface area contributed by atoms with Crippen LogP contribution in [0.5, 0.6) is 0 Å². The third kappa shape index (κ3) is 4.08. The fourth-order valence-corrected chi connectivity index (χ4v) is 1.10. The number of benzene rings is 1. The summed E-state index contributed by atoms with van der Waals surface area (Å²) in [7, 11) is 0. The standard InChI is InChI=1S/C8H5ClF3NO.2ClH/c9-6-2-1-4(8(10,11)12)3-5(6)7(13)14;;/h1-3H,(H2,13,14);2*1H. The normalized spacial score (nSPS) is 10.0. The second-order valence-electron chi connectivity index (χ2n) is 2.56. The van der Waals surface area contributed by atoms with Crippen molar-refractivity contribution < 1.29 is 18.0 Å². The number of halogens is 6. The van der Waals surface area contributed by atoms with Crippen molar-refractivity contribution in [3.63, 3.8) is 0 Å². The van der Waals surface area contributed by atoms with Crippen molar-refractivity contribution in [1.82, 2.24) is 0 Å². The van der Waals surface area contributed by atoms with Crippen LogP contribution in [0.1, 0.15) is 15.9 Å². The lowest BCUT2D eigenvalue weighted by atomic mass is 10.1. The molecule has 0 radical (unpaired) electrons. The van der Waals surface area contributed by atoms with Crippen molar-refractivity contribution in [2.45, 2.75) is 6.18 Å². The van der Waals surface area contributed by atoms with Crippen LogP contribution in [0.2, 0.25) is 5.02 Å². The SMILES string of the molecule is Cl.Cl.NC(=O)c1cc(C(F)(F)F)ccc1Cl. The minimum atomic E-state index is -4.51. The Bertz CT molecular complexity index is 381. The first-order valence-corrected chi connectivity index (χ1v) is 3.86. The van der Waals surface area contributed by atoms with Gasteiger partial charge in [0.1, 0.15) is 0 Å². The maximum atomic E-state index is 12.2. The molecule has 0 aliphatic carbocycles. The minimum Gasteiger partial charge on any atom is -0.366 e. The molecule has 0 bridgehead atoms. The van der Waals surface area contributed by atoms with Crippen LogP contribution < -0.4 is 5.73 Å². The van der Waals surface area contributed by atoms with Gasteiger partial charge in [0.15, 0.2) is 0 Å². The summed E-state index contributed by atoms with van der Waals surface area (Å²) >= 11 is 5.47. The summed E-state index contributed by atoms with van der Waals surface area (Å²) in [5.74, 6) is -0.985. The maximum Gasteiger partial charge on any atom is 0.416 e. The van der Waals surface area contributed by atoms with Gasteiger partial charge < -0.3 is 5.73 Å². The molecular formula is C8H7Cl3F3NO. The van der Waals surface area contributed by atoms with Crippen LogP contribution in [0.15, 0.2) is 18.2 Å². The quantitative estimate of drug-likeness (QED) is 0.849. The smallest absolute Gasteiger partial charge is 0.366 e. The van der Waals surface area contributed by atoms with Gasteiger partial charge in [-0.2, -0.15) is 13.2 Å². The van der Waals surface area contributed by atoms with E-state index in [9.17, 15) is 18.0 Å². The van der Waals surface area contributed by atoms with Gasteiger partial charge in [-0.25, -0.2) is 0 Å². The van der Waals surface area contributed by atoms with E-state index in [1.807, 2.05) is 0 Å². The molecule has 0 fully saturated rings. The number of amides is 1. The molecule has 8 heteroatoms. The van der Waals surface area contributed by atoms with E-state index in [2.05, 4.69) is 0 Å². The van der Waals surface area contributed by atoms with Crippen LogP contribution >= 0.6 is 36.4 Å². The molecule has 1 rings (SSSR count). The Morgan fingerprint density at radius 3 is 2.12 bits per heavy atom. The molecular weight excluding hydrogens is 289 g/mol. The molecule has 16 heavy (non-hydrogen) atoms. The summed E-state index contributed by atoms with van der Waals surface area (Å²) in [6.45, 7) is 0. The Kier molecular flexibility index (Phi) is 6.85. The predicted molar refractivity (Wildman–Crippen MR) is 59.5 cm³/mol. The molecule has 1 amide bonds. The minimum absolute atomic E-state index is 0. The maximum absolute atomic E-state index is 12.2.